The minimum absolute atomic E-state index is 0.0193. The smallest absolute Gasteiger partial charge is 0.352 e. The summed E-state index contributed by atoms with van der Waals surface area (Å²) in [6, 6.07) is -0.359. The van der Waals surface area contributed by atoms with Crippen LogP contribution in [-0.4, -0.2) is 41.8 Å². The van der Waals surface area contributed by atoms with Crippen LogP contribution in [0.2, 0.25) is 0 Å². The zero-order chi connectivity index (χ0) is 11.8. The molecule has 1 heterocycles. The fourth-order valence-corrected chi connectivity index (χ4v) is 1.96. The van der Waals surface area contributed by atoms with Gasteiger partial charge in [0.25, 0.3) is 5.91 Å². The molecule has 0 aromatic rings. The van der Waals surface area contributed by atoms with Gasteiger partial charge < -0.3 is 15.2 Å². The Balaban J connectivity index is 1.96. The first-order valence-corrected chi connectivity index (χ1v) is 5.45. The number of carbonyl (C=O) groups excluding carboxylic acids is 1. The molecule has 1 saturated heterocycles. The highest BCUT2D eigenvalue weighted by Crippen LogP contribution is 2.44. The number of rotatable bonds is 3. The lowest BCUT2D eigenvalue weighted by Crippen LogP contribution is -2.61. The van der Waals surface area contributed by atoms with E-state index >= 15 is 0 Å². The maximum absolute atomic E-state index is 13.6. The molecular formula is C10H15F2NO3. The summed E-state index contributed by atoms with van der Waals surface area (Å²) in [4.78, 5) is 11.4. The second kappa shape index (κ2) is 3.92. The van der Waals surface area contributed by atoms with Crippen LogP contribution < -0.4 is 5.32 Å². The first-order valence-electron chi connectivity index (χ1n) is 5.45. The van der Waals surface area contributed by atoms with Crippen molar-refractivity contribution in [3.05, 3.63) is 0 Å². The molecule has 1 aliphatic heterocycles. The number of aliphatic hydroxyl groups is 1. The summed E-state index contributed by atoms with van der Waals surface area (Å²) in [6.45, 7) is 0.737. The van der Waals surface area contributed by atoms with Crippen molar-refractivity contribution in [2.24, 2.45) is 0 Å². The van der Waals surface area contributed by atoms with Gasteiger partial charge >= 0.3 is 5.92 Å². The number of hydrogen-bond donors (Lipinski definition) is 2. The quantitative estimate of drug-likeness (QED) is 0.746. The van der Waals surface area contributed by atoms with Crippen molar-refractivity contribution < 1.29 is 23.4 Å². The number of alkyl halides is 2. The lowest BCUT2D eigenvalue weighted by molar-refractivity contribution is -0.216. The van der Waals surface area contributed by atoms with Gasteiger partial charge in [0, 0.05) is 6.61 Å². The van der Waals surface area contributed by atoms with E-state index in [2.05, 4.69) is 5.32 Å². The zero-order valence-corrected chi connectivity index (χ0v) is 8.84. The number of hydrogen-bond acceptors (Lipinski definition) is 3. The highest BCUT2D eigenvalue weighted by atomic mass is 19.3. The molecule has 0 bridgehead atoms. The average Bonchev–Trinajstić information content (AvgIpc) is 2.66. The van der Waals surface area contributed by atoms with E-state index < -0.39 is 17.4 Å². The van der Waals surface area contributed by atoms with Gasteiger partial charge in [-0.05, 0) is 25.7 Å². The Bertz CT molecular complexity index is 286. The topological polar surface area (TPSA) is 58.6 Å². The zero-order valence-electron chi connectivity index (χ0n) is 8.84. The molecule has 0 aromatic carbocycles. The van der Waals surface area contributed by atoms with E-state index in [1.807, 2.05) is 0 Å². The molecule has 6 heteroatoms. The monoisotopic (exact) mass is 235 g/mol. The standard InChI is InChI=1S/C10H15F2NO3/c11-10(12,9(15)3-1-4-9)8(14)13-7-2-5-16-6-7/h7,15H,1-6H2,(H,13,14). The third kappa shape index (κ3) is 1.80. The number of carbonyl (C=O) groups is 1. The summed E-state index contributed by atoms with van der Waals surface area (Å²) in [5, 5.41) is 11.8. The predicted octanol–water partition coefficient (Wildman–Crippen LogP) is 0.442. The lowest BCUT2D eigenvalue weighted by atomic mass is 9.75. The largest absolute Gasteiger partial charge is 0.383 e. The minimum atomic E-state index is -3.70. The Hall–Kier alpha value is -0.750. The van der Waals surface area contributed by atoms with Crippen LogP contribution in [0.1, 0.15) is 25.7 Å². The van der Waals surface area contributed by atoms with Crippen molar-refractivity contribution in [2.75, 3.05) is 13.2 Å². The van der Waals surface area contributed by atoms with E-state index in [1.165, 1.54) is 0 Å². The fraction of sp³-hybridized carbons (Fsp3) is 0.900. The van der Waals surface area contributed by atoms with Crippen molar-refractivity contribution in [3.63, 3.8) is 0 Å². The Kier molecular flexibility index (Phi) is 2.88. The average molecular weight is 235 g/mol. The van der Waals surface area contributed by atoms with Crippen LogP contribution in [0.15, 0.2) is 0 Å². The van der Waals surface area contributed by atoms with Gasteiger partial charge in [0.05, 0.1) is 12.6 Å². The summed E-state index contributed by atoms with van der Waals surface area (Å²) in [5.74, 6) is -5.08. The van der Waals surface area contributed by atoms with Gasteiger partial charge in [-0.2, -0.15) is 8.78 Å². The van der Waals surface area contributed by atoms with Gasteiger partial charge in [0.2, 0.25) is 0 Å². The van der Waals surface area contributed by atoms with Crippen LogP contribution >= 0.6 is 0 Å². The van der Waals surface area contributed by atoms with Crippen molar-refractivity contribution in [1.29, 1.82) is 0 Å². The van der Waals surface area contributed by atoms with Crippen molar-refractivity contribution in [1.82, 2.24) is 5.32 Å². The minimum Gasteiger partial charge on any atom is -0.383 e. The summed E-state index contributed by atoms with van der Waals surface area (Å²) in [5.41, 5.74) is -2.14. The molecule has 2 N–H and O–H groups in total. The highest BCUT2D eigenvalue weighted by Gasteiger charge is 2.61. The van der Waals surface area contributed by atoms with E-state index in [-0.39, 0.29) is 25.5 Å². The van der Waals surface area contributed by atoms with Gasteiger partial charge in [-0.15, -0.1) is 0 Å². The van der Waals surface area contributed by atoms with Crippen LogP contribution in [0.3, 0.4) is 0 Å². The molecule has 1 saturated carbocycles. The molecule has 4 nitrogen and oxygen atoms in total. The van der Waals surface area contributed by atoms with Crippen LogP contribution in [0.25, 0.3) is 0 Å². The van der Waals surface area contributed by atoms with E-state index in [1.54, 1.807) is 0 Å². The number of halogens is 2. The second-order valence-corrected chi connectivity index (χ2v) is 4.49. The first-order chi connectivity index (χ1) is 7.46. The Morgan fingerprint density at radius 2 is 2.19 bits per heavy atom. The first kappa shape index (κ1) is 11.7. The molecule has 2 rings (SSSR count). The Morgan fingerprint density at radius 1 is 1.50 bits per heavy atom. The molecule has 1 aliphatic carbocycles. The SMILES string of the molecule is O=C(NC1CCOC1)C(F)(F)C1(O)CCC1. The molecule has 2 fully saturated rings. The molecule has 0 radical (unpaired) electrons. The van der Waals surface area contributed by atoms with Crippen molar-refractivity contribution in [3.8, 4) is 0 Å². The highest BCUT2D eigenvalue weighted by molar-refractivity contribution is 5.85. The van der Waals surface area contributed by atoms with Crippen LogP contribution in [-0.2, 0) is 9.53 Å². The third-order valence-corrected chi connectivity index (χ3v) is 3.32. The molecule has 0 aromatic heterocycles. The van der Waals surface area contributed by atoms with Gasteiger partial charge in [-0.25, -0.2) is 0 Å². The molecular weight excluding hydrogens is 220 g/mol. The van der Waals surface area contributed by atoms with Crippen LogP contribution in [0, 0.1) is 0 Å². The molecule has 1 unspecified atom stereocenters. The number of ether oxygens (including phenoxy) is 1. The molecule has 0 spiro atoms. The Labute approximate surface area is 92.0 Å². The Morgan fingerprint density at radius 3 is 2.62 bits per heavy atom. The number of nitrogens with one attached hydrogen (secondary N) is 1. The van der Waals surface area contributed by atoms with E-state index in [9.17, 15) is 18.7 Å². The van der Waals surface area contributed by atoms with E-state index in [0.29, 0.717) is 19.4 Å². The van der Waals surface area contributed by atoms with Crippen molar-refractivity contribution in [2.45, 2.75) is 43.2 Å². The van der Waals surface area contributed by atoms with Crippen LogP contribution in [0.4, 0.5) is 8.78 Å². The lowest BCUT2D eigenvalue weighted by Gasteiger charge is -2.41. The van der Waals surface area contributed by atoms with Crippen LogP contribution in [0.5, 0.6) is 0 Å². The normalized spacial score (nSPS) is 28.6. The summed E-state index contributed by atoms with van der Waals surface area (Å²) < 4.78 is 32.2. The van der Waals surface area contributed by atoms with Gasteiger partial charge in [0.15, 0.2) is 0 Å². The van der Waals surface area contributed by atoms with Gasteiger partial charge in [0.1, 0.15) is 5.60 Å². The second-order valence-electron chi connectivity index (χ2n) is 4.49. The predicted molar refractivity (Wildman–Crippen MR) is 51.1 cm³/mol. The molecule has 92 valence electrons. The summed E-state index contributed by atoms with van der Waals surface area (Å²) in [6.07, 6.45) is 1.04. The third-order valence-electron chi connectivity index (χ3n) is 3.32. The maximum Gasteiger partial charge on any atom is 0.352 e. The molecule has 2 aliphatic rings. The fourth-order valence-electron chi connectivity index (χ4n) is 1.96. The van der Waals surface area contributed by atoms with Gasteiger partial charge in [-0.1, -0.05) is 0 Å². The maximum atomic E-state index is 13.6. The van der Waals surface area contributed by atoms with E-state index in [4.69, 9.17) is 4.74 Å². The van der Waals surface area contributed by atoms with E-state index in [0.717, 1.165) is 0 Å². The van der Waals surface area contributed by atoms with Crippen molar-refractivity contribution >= 4 is 5.91 Å². The molecule has 16 heavy (non-hydrogen) atoms. The molecule has 1 amide bonds. The number of amides is 1. The summed E-state index contributed by atoms with van der Waals surface area (Å²) >= 11 is 0. The van der Waals surface area contributed by atoms with Gasteiger partial charge in [-0.3, -0.25) is 4.79 Å². The summed E-state index contributed by atoms with van der Waals surface area (Å²) in [7, 11) is 0. The molecule has 1 atom stereocenters.